The molecular weight excluding hydrogens is 258 g/mol. The molecule has 20 heavy (non-hydrogen) atoms. The summed E-state index contributed by atoms with van der Waals surface area (Å²) in [6.07, 6.45) is 1.45. The number of carbonyl (C=O) groups excluding carboxylic acids is 3. The second-order valence-electron chi connectivity index (χ2n) is 4.93. The van der Waals surface area contributed by atoms with Crippen molar-refractivity contribution >= 4 is 17.3 Å². The number of carbonyl (C=O) groups is 3. The van der Waals surface area contributed by atoms with Crippen LogP contribution < -0.4 is 0 Å². The number of Topliss-reactive ketones (excluding diaryl/α,β-unsaturated/α-hetero) is 1. The van der Waals surface area contributed by atoms with Crippen LogP contribution in [0.25, 0.3) is 0 Å². The lowest BCUT2D eigenvalue weighted by molar-refractivity contribution is 0.0901. The van der Waals surface area contributed by atoms with E-state index in [1.165, 1.54) is 18.3 Å². The van der Waals surface area contributed by atoms with Crippen LogP contribution in [-0.2, 0) is 0 Å². The van der Waals surface area contributed by atoms with Crippen LogP contribution in [0.4, 0.5) is 0 Å². The number of pyridine rings is 1. The Morgan fingerprint density at radius 2 is 1.95 bits per heavy atom. The molecule has 0 aliphatic heterocycles. The predicted molar refractivity (Wildman–Crippen MR) is 69.0 cm³/mol. The Hall–Kier alpha value is -2.56. The van der Waals surface area contributed by atoms with E-state index in [1.807, 2.05) is 0 Å². The Bertz CT molecular complexity index is 702. The predicted octanol–water partition coefficient (Wildman–Crippen LogP) is 2.29. The molecule has 0 atom stereocenters. The third kappa shape index (κ3) is 1.63. The minimum Gasteiger partial charge on any atom is -0.449 e. The van der Waals surface area contributed by atoms with Crippen molar-refractivity contribution in [1.29, 1.82) is 0 Å². The van der Waals surface area contributed by atoms with E-state index in [0.29, 0.717) is 0 Å². The SMILES string of the molecule is CC(C)C(=O)c1cc2c(o1)C(=O)c1cccnc1C2=O. The molecule has 0 unspecified atom stereocenters. The molecule has 1 aliphatic rings. The molecule has 0 bridgehead atoms. The number of ketones is 3. The first kappa shape index (κ1) is 12.5. The molecule has 2 aromatic heterocycles. The molecule has 0 saturated heterocycles. The molecule has 0 spiro atoms. The van der Waals surface area contributed by atoms with Gasteiger partial charge in [0, 0.05) is 12.1 Å². The zero-order chi connectivity index (χ0) is 14.4. The minimum atomic E-state index is -0.412. The highest BCUT2D eigenvalue weighted by Crippen LogP contribution is 2.29. The summed E-state index contributed by atoms with van der Waals surface area (Å²) < 4.78 is 5.32. The first-order valence-corrected chi connectivity index (χ1v) is 6.23. The van der Waals surface area contributed by atoms with Gasteiger partial charge in [0.2, 0.25) is 17.3 Å². The highest BCUT2D eigenvalue weighted by molar-refractivity contribution is 6.27. The third-order valence-corrected chi connectivity index (χ3v) is 3.22. The van der Waals surface area contributed by atoms with Crippen molar-refractivity contribution in [2.24, 2.45) is 5.92 Å². The van der Waals surface area contributed by atoms with E-state index in [1.54, 1.807) is 19.9 Å². The molecular formula is C15H11NO4. The van der Waals surface area contributed by atoms with Crippen molar-refractivity contribution in [3.8, 4) is 0 Å². The fourth-order valence-corrected chi connectivity index (χ4v) is 2.15. The summed E-state index contributed by atoms with van der Waals surface area (Å²) in [5.41, 5.74) is 0.433. The van der Waals surface area contributed by atoms with Crippen LogP contribution in [0.2, 0.25) is 0 Å². The minimum absolute atomic E-state index is 0.0412. The molecule has 0 amide bonds. The monoisotopic (exact) mass is 269 g/mol. The molecule has 0 N–H and O–H groups in total. The van der Waals surface area contributed by atoms with E-state index in [0.717, 1.165) is 0 Å². The Morgan fingerprint density at radius 1 is 1.20 bits per heavy atom. The van der Waals surface area contributed by atoms with Crippen molar-refractivity contribution in [1.82, 2.24) is 4.98 Å². The van der Waals surface area contributed by atoms with Gasteiger partial charge < -0.3 is 4.42 Å². The van der Waals surface area contributed by atoms with E-state index < -0.39 is 5.78 Å². The molecule has 100 valence electrons. The van der Waals surface area contributed by atoms with Gasteiger partial charge in [0.15, 0.2) is 11.5 Å². The smallest absolute Gasteiger partial charge is 0.231 e. The molecule has 0 saturated carbocycles. The lowest BCUT2D eigenvalue weighted by Crippen LogP contribution is -2.20. The fraction of sp³-hybridized carbons (Fsp3) is 0.200. The Labute approximate surface area is 114 Å². The van der Waals surface area contributed by atoms with Gasteiger partial charge >= 0.3 is 0 Å². The van der Waals surface area contributed by atoms with E-state index >= 15 is 0 Å². The fourth-order valence-electron chi connectivity index (χ4n) is 2.15. The van der Waals surface area contributed by atoms with Crippen LogP contribution in [0.15, 0.2) is 28.8 Å². The summed E-state index contributed by atoms with van der Waals surface area (Å²) >= 11 is 0. The third-order valence-electron chi connectivity index (χ3n) is 3.22. The van der Waals surface area contributed by atoms with Gasteiger partial charge in [-0.3, -0.25) is 19.4 Å². The van der Waals surface area contributed by atoms with Crippen LogP contribution in [0.1, 0.15) is 56.6 Å². The Kier molecular flexibility index (Phi) is 2.64. The second-order valence-corrected chi connectivity index (χ2v) is 4.93. The summed E-state index contributed by atoms with van der Waals surface area (Å²) in [5.74, 6) is -1.34. The zero-order valence-corrected chi connectivity index (χ0v) is 11.0. The lowest BCUT2D eigenvalue weighted by atomic mass is 9.92. The number of fused-ring (bicyclic) bond motifs is 2. The Balaban J connectivity index is 2.17. The van der Waals surface area contributed by atoms with Crippen LogP contribution in [-0.4, -0.2) is 22.3 Å². The second kappa shape index (κ2) is 4.23. The molecule has 2 aromatic rings. The van der Waals surface area contributed by atoms with Gasteiger partial charge in [-0.2, -0.15) is 0 Å². The van der Waals surface area contributed by atoms with Gasteiger partial charge in [-0.15, -0.1) is 0 Å². The van der Waals surface area contributed by atoms with E-state index in [9.17, 15) is 14.4 Å². The van der Waals surface area contributed by atoms with Crippen molar-refractivity contribution in [2.75, 3.05) is 0 Å². The molecule has 0 aromatic carbocycles. The molecule has 0 radical (unpaired) electrons. The molecule has 5 heteroatoms. The van der Waals surface area contributed by atoms with E-state index in [-0.39, 0.29) is 45.8 Å². The average Bonchev–Trinajstić information content (AvgIpc) is 2.89. The summed E-state index contributed by atoms with van der Waals surface area (Å²) in [6, 6.07) is 4.45. The first-order valence-electron chi connectivity index (χ1n) is 6.23. The highest BCUT2D eigenvalue weighted by atomic mass is 16.4. The van der Waals surface area contributed by atoms with Crippen molar-refractivity contribution < 1.29 is 18.8 Å². The van der Waals surface area contributed by atoms with Crippen LogP contribution in [0, 0.1) is 5.92 Å². The van der Waals surface area contributed by atoms with Crippen LogP contribution >= 0.6 is 0 Å². The Morgan fingerprint density at radius 3 is 2.65 bits per heavy atom. The van der Waals surface area contributed by atoms with Crippen molar-refractivity contribution in [3.05, 3.63) is 52.7 Å². The molecule has 3 rings (SSSR count). The summed E-state index contributed by atoms with van der Waals surface area (Å²) in [4.78, 5) is 40.4. The number of furan rings is 1. The number of nitrogens with zero attached hydrogens (tertiary/aromatic N) is 1. The largest absolute Gasteiger partial charge is 0.449 e. The summed E-state index contributed by atoms with van der Waals surface area (Å²) in [6.45, 7) is 3.45. The van der Waals surface area contributed by atoms with Crippen LogP contribution in [0.5, 0.6) is 0 Å². The standard InChI is InChI=1S/C15H11NO4/c1-7(2)12(17)10-6-9-13(18)11-8(4-3-5-16-11)14(19)15(9)20-10/h3-7H,1-2H3. The van der Waals surface area contributed by atoms with E-state index in [2.05, 4.69) is 4.98 Å². The molecule has 0 fully saturated rings. The topological polar surface area (TPSA) is 77.2 Å². The number of hydrogen-bond acceptors (Lipinski definition) is 5. The van der Waals surface area contributed by atoms with Gasteiger partial charge in [-0.25, -0.2) is 0 Å². The number of aromatic nitrogens is 1. The highest BCUT2D eigenvalue weighted by Gasteiger charge is 2.35. The van der Waals surface area contributed by atoms with Gasteiger partial charge in [0.25, 0.3) is 0 Å². The number of hydrogen-bond donors (Lipinski definition) is 0. The maximum Gasteiger partial charge on any atom is 0.231 e. The first-order chi connectivity index (χ1) is 9.50. The maximum atomic E-state index is 12.3. The van der Waals surface area contributed by atoms with Gasteiger partial charge in [-0.1, -0.05) is 13.8 Å². The summed E-state index contributed by atoms with van der Waals surface area (Å²) in [7, 11) is 0. The zero-order valence-electron chi connectivity index (χ0n) is 11.0. The normalized spacial score (nSPS) is 13.3. The summed E-state index contributed by atoms with van der Waals surface area (Å²) in [5, 5.41) is 0. The lowest BCUT2D eigenvalue weighted by Gasteiger charge is -2.10. The van der Waals surface area contributed by atoms with Gasteiger partial charge in [0.05, 0.1) is 11.1 Å². The molecule has 1 aliphatic carbocycles. The van der Waals surface area contributed by atoms with Gasteiger partial charge in [0.1, 0.15) is 5.69 Å². The van der Waals surface area contributed by atoms with Crippen molar-refractivity contribution in [3.63, 3.8) is 0 Å². The molecule has 2 heterocycles. The quantitative estimate of drug-likeness (QED) is 0.667. The van der Waals surface area contributed by atoms with E-state index in [4.69, 9.17) is 4.42 Å². The number of rotatable bonds is 2. The molecule has 5 nitrogen and oxygen atoms in total. The van der Waals surface area contributed by atoms with Crippen molar-refractivity contribution in [2.45, 2.75) is 13.8 Å². The average molecular weight is 269 g/mol. The van der Waals surface area contributed by atoms with Gasteiger partial charge in [-0.05, 0) is 18.2 Å². The van der Waals surface area contributed by atoms with Crippen LogP contribution in [0.3, 0.4) is 0 Å². The maximum absolute atomic E-state index is 12.3.